The minimum Gasteiger partial charge on any atom is -0.341 e. The Morgan fingerprint density at radius 1 is 1.43 bits per heavy atom. The van der Waals surface area contributed by atoms with Crippen molar-refractivity contribution in [3.63, 3.8) is 0 Å². The lowest BCUT2D eigenvalue weighted by molar-refractivity contribution is -0.128. The van der Waals surface area contributed by atoms with Crippen LogP contribution >= 0.6 is 23.5 Å². The van der Waals surface area contributed by atoms with E-state index < -0.39 is 9.84 Å². The van der Waals surface area contributed by atoms with Crippen molar-refractivity contribution in [2.75, 3.05) is 24.3 Å². The second-order valence-electron chi connectivity index (χ2n) is 5.65. The molecule has 0 saturated carbocycles. The number of sulfone groups is 1. The number of hydrogen-bond donors (Lipinski definition) is 0. The predicted octanol–water partition coefficient (Wildman–Crippen LogP) is 2.30. The molecule has 1 saturated heterocycles. The summed E-state index contributed by atoms with van der Waals surface area (Å²) in [5.41, 5.74) is 2.18. The molecular formula is C15H18N2O3S3. The van der Waals surface area contributed by atoms with Gasteiger partial charge in [-0.25, -0.2) is 13.4 Å². The molecule has 1 fully saturated rings. The summed E-state index contributed by atoms with van der Waals surface area (Å²) in [6.07, 6.45) is 0.540. The van der Waals surface area contributed by atoms with E-state index in [-0.39, 0.29) is 23.5 Å². The van der Waals surface area contributed by atoms with Crippen molar-refractivity contribution in [1.82, 2.24) is 4.90 Å². The van der Waals surface area contributed by atoms with E-state index in [0.29, 0.717) is 12.2 Å². The van der Waals surface area contributed by atoms with Crippen LogP contribution in [0.15, 0.2) is 29.3 Å². The second kappa shape index (κ2) is 6.86. The molecule has 5 nitrogen and oxygen atoms in total. The van der Waals surface area contributed by atoms with Gasteiger partial charge in [0.15, 0.2) is 9.84 Å². The highest BCUT2D eigenvalue weighted by molar-refractivity contribution is 8.38. The van der Waals surface area contributed by atoms with Gasteiger partial charge in [-0.05, 0) is 18.1 Å². The Morgan fingerprint density at radius 2 is 2.22 bits per heavy atom. The molecule has 1 unspecified atom stereocenters. The van der Waals surface area contributed by atoms with Crippen molar-refractivity contribution in [1.29, 1.82) is 0 Å². The van der Waals surface area contributed by atoms with Gasteiger partial charge in [0.25, 0.3) is 0 Å². The van der Waals surface area contributed by atoms with Crippen molar-refractivity contribution < 1.29 is 13.2 Å². The highest BCUT2D eigenvalue weighted by atomic mass is 32.2. The fourth-order valence-corrected chi connectivity index (χ4v) is 6.36. The van der Waals surface area contributed by atoms with Gasteiger partial charge < -0.3 is 4.90 Å². The van der Waals surface area contributed by atoms with Crippen LogP contribution in [0.25, 0.3) is 0 Å². The number of benzene rings is 1. The fourth-order valence-electron chi connectivity index (χ4n) is 2.60. The van der Waals surface area contributed by atoms with Crippen molar-refractivity contribution in [2.24, 2.45) is 4.99 Å². The van der Waals surface area contributed by atoms with E-state index in [1.165, 1.54) is 17.3 Å². The van der Waals surface area contributed by atoms with Gasteiger partial charge in [-0.2, -0.15) is 0 Å². The highest BCUT2D eigenvalue weighted by Gasteiger charge is 2.32. The first-order valence-corrected chi connectivity index (χ1v) is 11.1. The number of carbonyl (C=O) groups is 1. The lowest BCUT2D eigenvalue weighted by Crippen LogP contribution is -2.39. The topological polar surface area (TPSA) is 66.8 Å². The third-order valence-corrected chi connectivity index (χ3v) is 8.00. The summed E-state index contributed by atoms with van der Waals surface area (Å²) in [4.78, 5) is 18.4. The van der Waals surface area contributed by atoms with E-state index >= 15 is 0 Å². The van der Waals surface area contributed by atoms with E-state index in [9.17, 15) is 13.2 Å². The van der Waals surface area contributed by atoms with Crippen molar-refractivity contribution in [3.05, 3.63) is 29.8 Å². The average molecular weight is 371 g/mol. The summed E-state index contributed by atoms with van der Waals surface area (Å²) in [7, 11) is -1.28. The normalized spacial score (nSPS) is 22.3. The maximum atomic E-state index is 12.3. The van der Waals surface area contributed by atoms with E-state index in [2.05, 4.69) is 11.1 Å². The Morgan fingerprint density at radius 3 is 2.96 bits per heavy atom. The number of thioether (sulfide) groups is 2. The predicted molar refractivity (Wildman–Crippen MR) is 97.1 cm³/mol. The molecule has 0 bridgehead atoms. The number of fused-ring (bicyclic) bond motifs is 1. The molecule has 1 atom stereocenters. The minimum absolute atomic E-state index is 0.0424. The quantitative estimate of drug-likeness (QED) is 0.817. The summed E-state index contributed by atoms with van der Waals surface area (Å²) < 4.78 is 23.9. The molecule has 3 rings (SSSR count). The third kappa shape index (κ3) is 4.10. The van der Waals surface area contributed by atoms with Gasteiger partial charge in [-0.1, -0.05) is 41.7 Å². The first kappa shape index (κ1) is 16.9. The van der Waals surface area contributed by atoms with Crippen LogP contribution in [0.3, 0.4) is 0 Å². The van der Waals surface area contributed by atoms with Gasteiger partial charge in [0, 0.05) is 18.8 Å². The molecule has 0 N–H and O–H groups in total. The molecular weight excluding hydrogens is 352 g/mol. The number of hydrogen-bond acceptors (Lipinski definition) is 6. The molecule has 0 aliphatic carbocycles. The van der Waals surface area contributed by atoms with Crippen LogP contribution in [0.2, 0.25) is 0 Å². The molecule has 0 spiro atoms. The number of nitrogens with zero attached hydrogens (tertiary/aromatic N) is 2. The van der Waals surface area contributed by atoms with Gasteiger partial charge in [0.2, 0.25) is 5.91 Å². The van der Waals surface area contributed by atoms with Crippen molar-refractivity contribution >= 4 is 49.3 Å². The van der Waals surface area contributed by atoms with E-state index in [1.54, 1.807) is 23.7 Å². The molecule has 8 heteroatoms. The minimum atomic E-state index is -2.97. The molecule has 0 radical (unpaired) electrons. The number of para-hydroxylation sites is 1. The van der Waals surface area contributed by atoms with Crippen molar-refractivity contribution in [2.45, 2.75) is 18.2 Å². The lowest BCUT2D eigenvalue weighted by Gasteiger charge is -2.23. The largest absolute Gasteiger partial charge is 0.341 e. The molecule has 0 aromatic heterocycles. The maximum Gasteiger partial charge on any atom is 0.233 e. The molecule has 1 amide bonds. The van der Waals surface area contributed by atoms with Gasteiger partial charge in [0.05, 0.1) is 22.9 Å². The number of rotatable bonds is 3. The zero-order valence-corrected chi connectivity index (χ0v) is 15.2. The zero-order valence-electron chi connectivity index (χ0n) is 12.8. The summed E-state index contributed by atoms with van der Waals surface area (Å²) >= 11 is 3.07. The summed E-state index contributed by atoms with van der Waals surface area (Å²) in [5.74, 6) is 1.39. The molecule has 2 aliphatic heterocycles. The van der Waals surface area contributed by atoms with Crippen LogP contribution in [0.1, 0.15) is 12.0 Å². The Labute approximate surface area is 144 Å². The standard InChI is InChI=1S/C15H18N2O3S3/c1-17(12-6-7-23(19,20)10-12)14(18)9-22-15-16-13-5-3-2-4-11(13)8-21-15/h2-5,12H,6-10H2,1H3. The molecule has 124 valence electrons. The third-order valence-electron chi connectivity index (χ3n) is 4.02. The van der Waals surface area contributed by atoms with E-state index in [1.807, 2.05) is 18.2 Å². The molecule has 1 aromatic rings. The first-order valence-electron chi connectivity index (χ1n) is 7.33. The lowest BCUT2D eigenvalue weighted by atomic mass is 10.2. The Kier molecular flexibility index (Phi) is 5.03. The number of amides is 1. The molecule has 2 heterocycles. The van der Waals surface area contributed by atoms with Crippen LogP contribution < -0.4 is 0 Å². The summed E-state index contributed by atoms with van der Waals surface area (Å²) in [6.45, 7) is 0. The van der Waals surface area contributed by atoms with E-state index in [4.69, 9.17) is 0 Å². The summed E-state index contributed by atoms with van der Waals surface area (Å²) in [6, 6.07) is 7.82. The average Bonchev–Trinajstić information content (AvgIpc) is 2.91. The number of aliphatic imine (C=N–C) groups is 1. The van der Waals surface area contributed by atoms with Crippen LogP contribution in [-0.2, 0) is 20.4 Å². The summed E-state index contributed by atoms with van der Waals surface area (Å²) in [5, 5.41) is 0. The van der Waals surface area contributed by atoms with Gasteiger partial charge in [-0.3, -0.25) is 4.79 Å². The second-order valence-corrected chi connectivity index (χ2v) is 10.1. The van der Waals surface area contributed by atoms with Gasteiger partial charge in [0.1, 0.15) is 4.38 Å². The van der Waals surface area contributed by atoms with Crippen LogP contribution in [0.4, 0.5) is 5.69 Å². The Hall–Kier alpha value is -0.990. The van der Waals surface area contributed by atoms with Gasteiger partial charge >= 0.3 is 0 Å². The highest BCUT2D eigenvalue weighted by Crippen LogP contribution is 2.34. The fraction of sp³-hybridized carbons (Fsp3) is 0.467. The van der Waals surface area contributed by atoms with E-state index in [0.717, 1.165) is 15.8 Å². The van der Waals surface area contributed by atoms with Gasteiger partial charge in [-0.15, -0.1) is 0 Å². The van der Waals surface area contributed by atoms with Crippen LogP contribution in [0.5, 0.6) is 0 Å². The molecule has 23 heavy (non-hydrogen) atoms. The Balaban J connectivity index is 1.57. The monoisotopic (exact) mass is 370 g/mol. The van der Waals surface area contributed by atoms with Crippen LogP contribution in [0, 0.1) is 0 Å². The first-order chi connectivity index (χ1) is 10.9. The molecule has 1 aromatic carbocycles. The molecule has 2 aliphatic rings. The zero-order chi connectivity index (χ0) is 16.4. The maximum absolute atomic E-state index is 12.3. The van der Waals surface area contributed by atoms with Crippen LogP contribution in [-0.4, -0.2) is 53.9 Å². The number of carbonyl (C=O) groups excluding carboxylic acids is 1. The Bertz CT molecular complexity index is 746. The van der Waals surface area contributed by atoms with Crippen molar-refractivity contribution in [3.8, 4) is 0 Å². The smallest absolute Gasteiger partial charge is 0.233 e. The SMILES string of the molecule is CN(C(=O)CSC1=Nc2ccccc2CS1)C1CCS(=O)(=O)C1.